The van der Waals surface area contributed by atoms with Gasteiger partial charge in [0.25, 0.3) is 0 Å². The van der Waals surface area contributed by atoms with Crippen LogP contribution in [-0.4, -0.2) is 24.5 Å². The fourth-order valence-corrected chi connectivity index (χ4v) is 3.61. The topological polar surface area (TPSA) is 96.4 Å². The van der Waals surface area contributed by atoms with Crippen molar-refractivity contribution in [2.45, 2.75) is 19.2 Å². The van der Waals surface area contributed by atoms with Crippen LogP contribution in [0.5, 0.6) is 0 Å². The number of carboxylic acid groups (broad SMARTS) is 1. The second-order valence-electron chi connectivity index (χ2n) is 4.45. The van der Waals surface area contributed by atoms with Crippen molar-refractivity contribution in [3.05, 3.63) is 51.5 Å². The molecular weight excluding hydrogens is 312 g/mol. The highest BCUT2D eigenvalue weighted by atomic mass is 32.2. The summed E-state index contributed by atoms with van der Waals surface area (Å²) in [5, 5.41) is 9.58. The molecule has 1 heterocycles. The first-order valence-electron chi connectivity index (χ1n) is 6.06. The summed E-state index contributed by atoms with van der Waals surface area (Å²) in [6, 6.07) is 5.89. The molecule has 0 saturated heterocycles. The molecule has 0 fully saturated rings. The summed E-state index contributed by atoms with van der Waals surface area (Å²) in [5.41, 5.74) is 0.496. The summed E-state index contributed by atoms with van der Waals surface area (Å²) in [6.45, 7) is 2.03. The van der Waals surface area contributed by atoms with Gasteiger partial charge >= 0.3 is 5.97 Å². The third kappa shape index (κ3) is 4.62. The van der Waals surface area contributed by atoms with Gasteiger partial charge in [0, 0.05) is 11.1 Å². The zero-order chi connectivity index (χ0) is 15.5. The van der Waals surface area contributed by atoms with Gasteiger partial charge in [0.05, 0.1) is 17.9 Å². The lowest BCUT2D eigenvalue weighted by Crippen LogP contribution is -2.24. The quantitative estimate of drug-likeness (QED) is 0.843. The molecule has 112 valence electrons. The molecule has 0 amide bonds. The minimum Gasteiger partial charge on any atom is -0.478 e. The summed E-state index contributed by atoms with van der Waals surface area (Å²) >= 11 is 1.43. The van der Waals surface area contributed by atoms with Crippen molar-refractivity contribution >= 4 is 27.3 Å². The molecule has 6 nitrogen and oxygen atoms in total. The maximum Gasteiger partial charge on any atom is 0.335 e. The van der Waals surface area contributed by atoms with Crippen LogP contribution < -0.4 is 4.72 Å². The number of thiazole rings is 1. The molecule has 21 heavy (non-hydrogen) atoms. The molecule has 0 atom stereocenters. The van der Waals surface area contributed by atoms with Crippen molar-refractivity contribution in [2.75, 3.05) is 0 Å². The number of nitrogens with zero attached hydrogens (tertiary/aromatic N) is 1. The molecule has 2 N–H and O–H groups in total. The second kappa shape index (κ2) is 6.33. The van der Waals surface area contributed by atoms with Crippen molar-refractivity contribution in [3.8, 4) is 0 Å². The van der Waals surface area contributed by atoms with Crippen molar-refractivity contribution in [3.63, 3.8) is 0 Å². The van der Waals surface area contributed by atoms with E-state index in [0.29, 0.717) is 10.6 Å². The van der Waals surface area contributed by atoms with Crippen molar-refractivity contribution < 1.29 is 18.3 Å². The fourth-order valence-electron chi connectivity index (χ4n) is 1.72. The number of benzene rings is 1. The zero-order valence-corrected chi connectivity index (χ0v) is 12.9. The van der Waals surface area contributed by atoms with Gasteiger partial charge in [-0.2, -0.15) is 0 Å². The Morgan fingerprint density at radius 3 is 2.81 bits per heavy atom. The maximum atomic E-state index is 12.0. The number of aryl methyl sites for hydroxylation is 1. The normalized spacial score (nSPS) is 11.5. The lowest BCUT2D eigenvalue weighted by atomic mass is 10.1. The minimum atomic E-state index is -3.54. The monoisotopic (exact) mass is 326 g/mol. The molecule has 0 bridgehead atoms. The van der Waals surface area contributed by atoms with E-state index < -0.39 is 16.0 Å². The number of hydrogen-bond donors (Lipinski definition) is 2. The summed E-state index contributed by atoms with van der Waals surface area (Å²) in [4.78, 5) is 15.9. The Balaban J connectivity index is 2.03. The van der Waals surface area contributed by atoms with Crippen LogP contribution in [0.1, 0.15) is 25.8 Å². The number of sulfonamides is 1. The summed E-state index contributed by atoms with van der Waals surface area (Å²) in [7, 11) is -3.54. The van der Waals surface area contributed by atoms with Crippen LogP contribution >= 0.6 is 11.3 Å². The Labute approximate surface area is 126 Å². The molecule has 0 unspecified atom stereocenters. The first-order chi connectivity index (χ1) is 9.85. The van der Waals surface area contributed by atoms with E-state index in [1.165, 1.54) is 29.5 Å². The van der Waals surface area contributed by atoms with Crippen LogP contribution in [0.2, 0.25) is 0 Å². The molecule has 2 aromatic rings. The molecule has 0 saturated carbocycles. The smallest absolute Gasteiger partial charge is 0.335 e. The van der Waals surface area contributed by atoms with Gasteiger partial charge < -0.3 is 5.11 Å². The standard InChI is InChI=1S/C13H14N2O4S2/c1-9-6-14-12(20-9)7-15-21(18,19)8-10-3-2-4-11(5-10)13(16)17/h2-6,15H,7-8H2,1H3,(H,16,17). The molecule has 0 aliphatic carbocycles. The predicted octanol–water partition coefficient (Wildman–Crippen LogP) is 1.77. The maximum absolute atomic E-state index is 12.0. The van der Waals surface area contributed by atoms with Crippen molar-refractivity contribution in [2.24, 2.45) is 0 Å². The number of aromatic carboxylic acids is 1. The number of carboxylic acids is 1. The van der Waals surface area contributed by atoms with Crippen LogP contribution in [0.25, 0.3) is 0 Å². The molecule has 0 aliphatic heterocycles. The fraction of sp³-hybridized carbons (Fsp3) is 0.231. The third-order valence-electron chi connectivity index (χ3n) is 2.64. The van der Waals surface area contributed by atoms with Crippen LogP contribution in [0.3, 0.4) is 0 Å². The van der Waals surface area contributed by atoms with Crippen molar-refractivity contribution in [1.82, 2.24) is 9.71 Å². The Morgan fingerprint density at radius 2 is 2.19 bits per heavy atom. The highest BCUT2D eigenvalue weighted by Gasteiger charge is 2.13. The van der Waals surface area contributed by atoms with Gasteiger partial charge in [0.2, 0.25) is 10.0 Å². The lowest BCUT2D eigenvalue weighted by Gasteiger charge is -2.06. The molecule has 1 aromatic heterocycles. The number of rotatable bonds is 6. The largest absolute Gasteiger partial charge is 0.478 e. The Kier molecular flexibility index (Phi) is 4.71. The van der Waals surface area contributed by atoms with Gasteiger partial charge in [-0.05, 0) is 24.6 Å². The molecule has 0 aliphatic rings. The number of hydrogen-bond acceptors (Lipinski definition) is 5. The van der Waals surface area contributed by atoms with E-state index in [1.807, 2.05) is 6.92 Å². The van der Waals surface area contributed by atoms with Gasteiger partial charge in [-0.25, -0.2) is 22.9 Å². The van der Waals surface area contributed by atoms with Crippen molar-refractivity contribution in [1.29, 1.82) is 0 Å². The molecule has 1 aromatic carbocycles. The minimum absolute atomic E-state index is 0.0678. The second-order valence-corrected chi connectivity index (χ2v) is 7.58. The average molecular weight is 326 g/mol. The van der Waals surface area contributed by atoms with E-state index >= 15 is 0 Å². The molecule has 2 rings (SSSR count). The van der Waals surface area contributed by atoms with Crippen LogP contribution in [0.15, 0.2) is 30.5 Å². The molecule has 8 heteroatoms. The van der Waals surface area contributed by atoms with E-state index in [9.17, 15) is 13.2 Å². The van der Waals surface area contributed by atoms with E-state index in [4.69, 9.17) is 5.11 Å². The van der Waals surface area contributed by atoms with Crippen LogP contribution in [0.4, 0.5) is 0 Å². The van der Waals surface area contributed by atoms with Gasteiger partial charge in [0.15, 0.2) is 0 Å². The van der Waals surface area contributed by atoms with Gasteiger partial charge in [-0.1, -0.05) is 12.1 Å². The van der Waals surface area contributed by atoms with Gasteiger partial charge in [-0.3, -0.25) is 0 Å². The molecule has 0 spiro atoms. The highest BCUT2D eigenvalue weighted by molar-refractivity contribution is 7.88. The highest BCUT2D eigenvalue weighted by Crippen LogP contribution is 2.12. The number of carbonyl (C=O) groups is 1. The van der Waals surface area contributed by atoms with E-state index in [1.54, 1.807) is 12.3 Å². The number of aromatic nitrogens is 1. The average Bonchev–Trinajstić information content (AvgIpc) is 2.82. The van der Waals surface area contributed by atoms with Gasteiger partial charge in [0.1, 0.15) is 5.01 Å². The number of nitrogens with one attached hydrogen (secondary N) is 1. The van der Waals surface area contributed by atoms with Crippen LogP contribution in [0, 0.1) is 6.92 Å². The summed E-state index contributed by atoms with van der Waals surface area (Å²) < 4.78 is 26.4. The van der Waals surface area contributed by atoms with E-state index in [2.05, 4.69) is 9.71 Å². The molecular formula is C13H14N2O4S2. The zero-order valence-electron chi connectivity index (χ0n) is 11.2. The Morgan fingerprint density at radius 1 is 1.43 bits per heavy atom. The van der Waals surface area contributed by atoms with E-state index in [-0.39, 0.29) is 17.9 Å². The lowest BCUT2D eigenvalue weighted by molar-refractivity contribution is 0.0696. The van der Waals surface area contributed by atoms with E-state index in [0.717, 1.165) is 4.88 Å². The first kappa shape index (κ1) is 15.6. The first-order valence-corrected chi connectivity index (χ1v) is 8.53. The summed E-state index contributed by atoms with van der Waals surface area (Å²) in [6.07, 6.45) is 1.69. The Bertz CT molecular complexity index is 753. The SMILES string of the molecule is Cc1cnc(CNS(=O)(=O)Cc2cccc(C(=O)O)c2)s1. The van der Waals surface area contributed by atoms with Crippen LogP contribution in [-0.2, 0) is 22.3 Å². The third-order valence-corrected chi connectivity index (χ3v) is 4.85. The predicted molar refractivity (Wildman–Crippen MR) is 79.7 cm³/mol. The molecule has 0 radical (unpaired) electrons. The Hall–Kier alpha value is -1.77. The summed E-state index contributed by atoms with van der Waals surface area (Å²) in [5.74, 6) is -1.35. The van der Waals surface area contributed by atoms with Gasteiger partial charge in [-0.15, -0.1) is 11.3 Å².